The summed E-state index contributed by atoms with van der Waals surface area (Å²) in [5, 5.41) is 0. The van der Waals surface area contributed by atoms with Gasteiger partial charge in [-0.15, -0.1) is 0 Å². The number of esters is 2. The third-order valence-corrected chi connectivity index (χ3v) is 6.28. The van der Waals surface area contributed by atoms with Crippen molar-refractivity contribution in [2.75, 3.05) is 19.1 Å². The molecule has 0 fully saturated rings. The summed E-state index contributed by atoms with van der Waals surface area (Å²) in [4.78, 5) is 83.9. The van der Waals surface area contributed by atoms with Gasteiger partial charge in [0, 0.05) is 14.1 Å². The number of imidazole rings is 1. The Morgan fingerprint density at radius 3 is 2.03 bits per heavy atom. The molecule has 0 N–H and O–H groups in total. The second-order valence-electron chi connectivity index (χ2n) is 8.40. The molecule has 0 atom stereocenters. The molecule has 1 aliphatic heterocycles. The van der Waals surface area contributed by atoms with Gasteiger partial charge in [0.25, 0.3) is 11.5 Å². The number of hydrogen-bond acceptors (Lipinski definition) is 9. The largest absolute Gasteiger partial charge is 0.469 e. The molecule has 1 aliphatic rings. The Hall–Kier alpha value is -4.55. The van der Waals surface area contributed by atoms with Crippen molar-refractivity contribution < 1.29 is 28.7 Å². The van der Waals surface area contributed by atoms with Crippen molar-refractivity contribution in [3.8, 4) is 0 Å². The molecule has 0 bridgehead atoms. The van der Waals surface area contributed by atoms with Gasteiger partial charge < -0.3 is 9.47 Å². The van der Waals surface area contributed by atoms with Crippen LogP contribution in [0.2, 0.25) is 0 Å². The molecular weight excluding hydrogens is 474 g/mol. The maximum atomic E-state index is 14.0. The van der Waals surface area contributed by atoms with Crippen molar-refractivity contribution in [3.05, 3.63) is 56.7 Å². The minimum absolute atomic E-state index is 0.103. The normalized spacial score (nSPS) is 14.6. The van der Waals surface area contributed by atoms with Gasteiger partial charge in [0.15, 0.2) is 11.2 Å². The van der Waals surface area contributed by atoms with E-state index in [1.165, 1.54) is 14.1 Å². The van der Waals surface area contributed by atoms with E-state index >= 15 is 0 Å². The number of aromatic nitrogens is 4. The van der Waals surface area contributed by atoms with E-state index in [0.29, 0.717) is 5.56 Å². The number of amides is 1. The molecule has 0 saturated carbocycles. The van der Waals surface area contributed by atoms with Crippen molar-refractivity contribution in [3.63, 3.8) is 0 Å². The van der Waals surface area contributed by atoms with E-state index in [0.717, 1.165) is 32.8 Å². The van der Waals surface area contributed by atoms with E-state index in [-0.39, 0.29) is 23.7 Å². The highest BCUT2D eigenvalue weighted by molar-refractivity contribution is 6.20. The third-order valence-electron chi connectivity index (χ3n) is 6.28. The number of ether oxygens (including phenoxy) is 2. The minimum atomic E-state index is -2.28. The third kappa shape index (κ3) is 3.59. The number of carbonyl (C=O) groups excluding carboxylic acids is 4. The molecule has 0 unspecified atom stereocenters. The maximum Gasteiger partial charge on any atom is 0.332 e. The van der Waals surface area contributed by atoms with E-state index in [1.54, 1.807) is 30.3 Å². The Morgan fingerprint density at radius 1 is 0.889 bits per heavy atom. The Bertz CT molecular complexity index is 1510. The van der Waals surface area contributed by atoms with Crippen LogP contribution in [0.1, 0.15) is 23.2 Å². The molecule has 1 aromatic carbocycles. The smallest absolute Gasteiger partial charge is 0.332 e. The summed E-state index contributed by atoms with van der Waals surface area (Å²) in [6.07, 6.45) is -1.57. The number of carbonyl (C=O) groups is 4. The number of aryl methyl sites for hydroxylation is 1. The molecule has 188 valence electrons. The van der Waals surface area contributed by atoms with E-state index < -0.39 is 53.3 Å². The zero-order valence-corrected chi connectivity index (χ0v) is 20.0. The first-order chi connectivity index (χ1) is 17.1. The zero-order chi connectivity index (χ0) is 26.4. The van der Waals surface area contributed by atoms with Crippen LogP contribution in [0.5, 0.6) is 0 Å². The highest BCUT2D eigenvalue weighted by Crippen LogP contribution is 2.41. The molecule has 3 heterocycles. The quantitative estimate of drug-likeness (QED) is 0.331. The van der Waals surface area contributed by atoms with E-state index in [2.05, 4.69) is 4.98 Å². The van der Waals surface area contributed by atoms with Crippen LogP contribution >= 0.6 is 0 Å². The molecular formula is C23H23N5O8. The molecule has 0 radical (unpaired) electrons. The monoisotopic (exact) mass is 497 g/mol. The molecule has 0 aliphatic carbocycles. The molecule has 3 aromatic rings. The highest BCUT2D eigenvalue weighted by atomic mass is 16.5. The highest BCUT2D eigenvalue weighted by Gasteiger charge is 2.57. The lowest BCUT2D eigenvalue weighted by Gasteiger charge is -2.38. The summed E-state index contributed by atoms with van der Waals surface area (Å²) in [7, 11) is 4.77. The Morgan fingerprint density at radius 2 is 1.47 bits per heavy atom. The van der Waals surface area contributed by atoms with Gasteiger partial charge in [-0.25, -0.2) is 9.36 Å². The minimum Gasteiger partial charge on any atom is -0.469 e. The van der Waals surface area contributed by atoms with Crippen molar-refractivity contribution in [1.82, 2.24) is 18.7 Å². The van der Waals surface area contributed by atoms with Crippen molar-refractivity contribution in [2.24, 2.45) is 19.5 Å². The molecule has 13 heteroatoms. The van der Waals surface area contributed by atoms with Crippen molar-refractivity contribution >= 4 is 40.9 Å². The fourth-order valence-corrected chi connectivity index (χ4v) is 4.32. The summed E-state index contributed by atoms with van der Waals surface area (Å²) in [5.74, 6) is -3.98. The van der Waals surface area contributed by atoms with Gasteiger partial charge in [-0.1, -0.05) is 30.3 Å². The molecule has 0 saturated heterocycles. The SMILES string of the molecule is COC(=O)CC1(CC(=O)OC)C(=O)N(Cc2ccccc2)c2nc3c(c(=O)n(C)c(=O)n3C)n2C1=O. The number of rotatable bonds is 6. The predicted octanol–water partition coefficient (Wildman–Crippen LogP) is -0.267. The summed E-state index contributed by atoms with van der Waals surface area (Å²) < 4.78 is 12.2. The molecule has 2 aromatic heterocycles. The van der Waals surface area contributed by atoms with Crippen LogP contribution in [0.15, 0.2) is 39.9 Å². The Labute approximate surface area is 203 Å². The van der Waals surface area contributed by atoms with Gasteiger partial charge in [0.05, 0.1) is 33.6 Å². The number of methoxy groups -OCH3 is 2. The first-order valence-corrected chi connectivity index (χ1v) is 10.8. The summed E-state index contributed by atoms with van der Waals surface area (Å²) >= 11 is 0. The van der Waals surface area contributed by atoms with E-state index in [9.17, 15) is 28.8 Å². The van der Waals surface area contributed by atoms with Crippen LogP contribution in [0.25, 0.3) is 11.2 Å². The van der Waals surface area contributed by atoms with Crippen LogP contribution in [0, 0.1) is 5.41 Å². The van der Waals surface area contributed by atoms with Gasteiger partial charge in [-0.2, -0.15) is 4.98 Å². The first-order valence-electron chi connectivity index (χ1n) is 10.8. The lowest BCUT2D eigenvalue weighted by atomic mass is 9.77. The number of anilines is 1. The van der Waals surface area contributed by atoms with Crippen molar-refractivity contribution in [1.29, 1.82) is 0 Å². The second kappa shape index (κ2) is 8.91. The maximum absolute atomic E-state index is 14.0. The van der Waals surface area contributed by atoms with Crippen LogP contribution in [0.3, 0.4) is 0 Å². The number of nitrogens with zero attached hydrogens (tertiary/aromatic N) is 5. The van der Waals surface area contributed by atoms with E-state index in [4.69, 9.17) is 9.47 Å². The average Bonchev–Trinajstić information content (AvgIpc) is 3.28. The van der Waals surface area contributed by atoms with Crippen LogP contribution in [-0.4, -0.2) is 56.7 Å². The lowest BCUT2D eigenvalue weighted by molar-refractivity contribution is -0.151. The van der Waals surface area contributed by atoms with Crippen LogP contribution < -0.4 is 16.1 Å². The Balaban J connectivity index is 2.09. The fourth-order valence-electron chi connectivity index (χ4n) is 4.32. The second-order valence-corrected chi connectivity index (χ2v) is 8.40. The van der Waals surface area contributed by atoms with Gasteiger partial charge in [-0.3, -0.25) is 38.0 Å². The van der Waals surface area contributed by atoms with E-state index in [1.807, 2.05) is 0 Å². The summed E-state index contributed by atoms with van der Waals surface area (Å²) in [6.45, 7) is -0.103. The average molecular weight is 497 g/mol. The van der Waals surface area contributed by atoms with Crippen LogP contribution in [-0.2, 0) is 44.5 Å². The van der Waals surface area contributed by atoms with Gasteiger partial charge in [-0.05, 0) is 5.56 Å². The summed E-state index contributed by atoms with van der Waals surface area (Å²) in [6, 6.07) is 8.72. The predicted molar refractivity (Wildman–Crippen MR) is 124 cm³/mol. The number of fused-ring (bicyclic) bond motifs is 3. The van der Waals surface area contributed by atoms with Crippen LogP contribution in [0.4, 0.5) is 5.95 Å². The number of benzene rings is 1. The fraction of sp³-hybridized carbons (Fsp3) is 0.348. The molecule has 36 heavy (non-hydrogen) atoms. The zero-order valence-electron chi connectivity index (χ0n) is 20.0. The lowest BCUT2D eigenvalue weighted by Crippen LogP contribution is -2.57. The first kappa shape index (κ1) is 24.6. The standard InChI is InChI=1S/C23H23N5O8/c1-25-17-16(18(31)26(2)22(25)34)28-20(33)23(10-14(29)35-3,11-15(30)36-4)19(32)27(21(28)24-17)12-13-8-6-5-7-9-13/h5-9H,10-12H2,1-4H3. The summed E-state index contributed by atoms with van der Waals surface area (Å²) in [5.41, 5.74) is -3.57. The number of hydrogen-bond donors (Lipinski definition) is 0. The Kier molecular flexibility index (Phi) is 6.08. The molecule has 13 nitrogen and oxygen atoms in total. The van der Waals surface area contributed by atoms with Gasteiger partial charge >= 0.3 is 17.6 Å². The van der Waals surface area contributed by atoms with Gasteiger partial charge in [0.2, 0.25) is 11.9 Å². The molecule has 4 rings (SSSR count). The molecule has 1 amide bonds. The van der Waals surface area contributed by atoms with Gasteiger partial charge in [0.1, 0.15) is 5.41 Å². The van der Waals surface area contributed by atoms with Crippen molar-refractivity contribution in [2.45, 2.75) is 19.4 Å². The molecule has 0 spiro atoms. The topological polar surface area (TPSA) is 152 Å².